The number of rotatable bonds is 8. The molecule has 2 rings (SSSR count). The quantitative estimate of drug-likeness (QED) is 0.647. The van der Waals surface area contributed by atoms with E-state index in [1.165, 1.54) is 0 Å². The van der Waals surface area contributed by atoms with Crippen molar-refractivity contribution in [1.29, 1.82) is 0 Å². The van der Waals surface area contributed by atoms with Gasteiger partial charge in [0.05, 0.1) is 0 Å². The molecule has 0 aromatic heterocycles. The molecule has 2 N–H and O–H groups in total. The van der Waals surface area contributed by atoms with Crippen molar-refractivity contribution in [2.45, 2.75) is 38.4 Å². The number of amides is 2. The average Bonchev–Trinajstić information content (AvgIpc) is 2.63. The maximum atomic E-state index is 12.7. The highest BCUT2D eigenvalue weighted by molar-refractivity contribution is 7.93. The van der Waals surface area contributed by atoms with E-state index in [1.54, 1.807) is 43.3 Å². The van der Waals surface area contributed by atoms with Gasteiger partial charge in [-0.1, -0.05) is 50.6 Å². The second-order valence-electron chi connectivity index (χ2n) is 6.99. The summed E-state index contributed by atoms with van der Waals surface area (Å²) < 4.78 is 25.4. The molecule has 0 radical (unpaired) electrons. The number of hydrogen-bond donors (Lipinski definition) is 2. The van der Waals surface area contributed by atoms with E-state index in [0.29, 0.717) is 16.4 Å². The van der Waals surface area contributed by atoms with Crippen LogP contribution < -0.4 is 10.6 Å². The number of nitrogens with one attached hydrogen (secondary N) is 2. The molecule has 29 heavy (non-hydrogen) atoms. The first-order chi connectivity index (χ1) is 13.6. The zero-order valence-electron chi connectivity index (χ0n) is 16.6. The van der Waals surface area contributed by atoms with Crippen LogP contribution in [0.15, 0.2) is 48.5 Å². The van der Waals surface area contributed by atoms with Crippen LogP contribution >= 0.6 is 11.6 Å². The van der Waals surface area contributed by atoms with E-state index in [1.807, 2.05) is 26.0 Å². The van der Waals surface area contributed by atoms with Crippen molar-refractivity contribution < 1.29 is 18.0 Å². The Morgan fingerprint density at radius 3 is 2.21 bits per heavy atom. The third-order valence-electron chi connectivity index (χ3n) is 4.40. The van der Waals surface area contributed by atoms with Crippen LogP contribution in [0.1, 0.15) is 38.7 Å². The SMILES string of the molecule is CCC(C(=O)Nc1ccccc1C(C)C)S(=O)(=O)CC(=O)Nc1ccc(Cl)cc1. The highest BCUT2D eigenvalue weighted by Crippen LogP contribution is 2.24. The Bertz CT molecular complexity index is 972. The molecule has 0 saturated carbocycles. The fraction of sp³-hybridized carbons (Fsp3) is 0.333. The second kappa shape index (κ2) is 9.89. The number of halogens is 1. The Kier molecular flexibility index (Phi) is 7.81. The highest BCUT2D eigenvalue weighted by atomic mass is 35.5. The Morgan fingerprint density at radius 2 is 1.62 bits per heavy atom. The standard InChI is InChI=1S/C21H25ClN2O4S/c1-4-19(21(26)24-18-8-6-5-7-17(18)14(2)3)29(27,28)13-20(25)23-16-11-9-15(22)10-12-16/h5-12,14,19H,4,13H2,1-3H3,(H,23,25)(H,24,26). The summed E-state index contributed by atoms with van der Waals surface area (Å²) in [5.41, 5.74) is 1.92. The Balaban J connectivity index is 2.11. The van der Waals surface area contributed by atoms with Gasteiger partial charge < -0.3 is 10.6 Å². The first-order valence-electron chi connectivity index (χ1n) is 9.30. The summed E-state index contributed by atoms with van der Waals surface area (Å²) in [6, 6.07) is 13.6. The summed E-state index contributed by atoms with van der Waals surface area (Å²) in [5.74, 6) is -1.97. The van der Waals surface area contributed by atoms with E-state index < -0.39 is 32.7 Å². The minimum atomic E-state index is -4.00. The van der Waals surface area contributed by atoms with Gasteiger partial charge in [-0.2, -0.15) is 0 Å². The summed E-state index contributed by atoms with van der Waals surface area (Å²) in [6.45, 7) is 5.58. The van der Waals surface area contributed by atoms with E-state index in [4.69, 9.17) is 11.6 Å². The molecule has 0 aliphatic rings. The molecule has 8 heteroatoms. The Hall–Kier alpha value is -2.38. The molecule has 0 fully saturated rings. The molecule has 0 bridgehead atoms. The molecule has 2 aromatic carbocycles. The lowest BCUT2D eigenvalue weighted by Gasteiger charge is -2.18. The van der Waals surface area contributed by atoms with Crippen molar-refractivity contribution in [2.75, 3.05) is 16.4 Å². The smallest absolute Gasteiger partial charge is 0.242 e. The highest BCUT2D eigenvalue weighted by Gasteiger charge is 2.33. The summed E-state index contributed by atoms with van der Waals surface area (Å²) in [5, 5.41) is 4.40. The number of anilines is 2. The number of carbonyl (C=O) groups excluding carboxylic acids is 2. The zero-order chi connectivity index (χ0) is 21.6. The van der Waals surface area contributed by atoms with Crippen LogP contribution in [-0.4, -0.2) is 31.2 Å². The average molecular weight is 437 g/mol. The van der Waals surface area contributed by atoms with Gasteiger partial charge in [0.2, 0.25) is 11.8 Å². The lowest BCUT2D eigenvalue weighted by molar-refractivity contribution is -0.115. The molecule has 156 valence electrons. The first-order valence-corrected chi connectivity index (χ1v) is 11.4. The van der Waals surface area contributed by atoms with Gasteiger partial charge in [-0.05, 0) is 48.2 Å². The van der Waals surface area contributed by atoms with Crippen molar-refractivity contribution in [2.24, 2.45) is 0 Å². The van der Waals surface area contributed by atoms with Crippen LogP contribution in [-0.2, 0) is 19.4 Å². The molecule has 0 heterocycles. The number of benzene rings is 2. The van der Waals surface area contributed by atoms with Crippen molar-refractivity contribution >= 4 is 44.6 Å². The van der Waals surface area contributed by atoms with E-state index in [2.05, 4.69) is 10.6 Å². The Labute approximate surface area is 176 Å². The molecule has 0 spiro atoms. The lowest BCUT2D eigenvalue weighted by atomic mass is 10.0. The van der Waals surface area contributed by atoms with Crippen LogP contribution in [0.4, 0.5) is 11.4 Å². The minimum absolute atomic E-state index is 0.0617. The lowest BCUT2D eigenvalue weighted by Crippen LogP contribution is -2.39. The summed E-state index contributed by atoms with van der Waals surface area (Å²) in [6.07, 6.45) is 0.0617. The number of hydrogen-bond acceptors (Lipinski definition) is 4. The molecular weight excluding hydrogens is 412 g/mol. The van der Waals surface area contributed by atoms with E-state index in [0.717, 1.165) is 5.56 Å². The molecular formula is C21H25ClN2O4S. The van der Waals surface area contributed by atoms with E-state index in [9.17, 15) is 18.0 Å². The van der Waals surface area contributed by atoms with E-state index >= 15 is 0 Å². The number of carbonyl (C=O) groups is 2. The summed E-state index contributed by atoms with van der Waals surface area (Å²) >= 11 is 5.79. The molecule has 1 unspecified atom stereocenters. The monoisotopic (exact) mass is 436 g/mol. The Morgan fingerprint density at radius 1 is 1.00 bits per heavy atom. The van der Waals surface area contributed by atoms with Gasteiger partial charge in [0.1, 0.15) is 11.0 Å². The molecule has 2 amide bonds. The van der Waals surface area contributed by atoms with Gasteiger partial charge in [-0.25, -0.2) is 8.42 Å². The van der Waals surface area contributed by atoms with Gasteiger partial charge in [-0.3, -0.25) is 9.59 Å². The summed E-state index contributed by atoms with van der Waals surface area (Å²) in [4.78, 5) is 24.9. The van der Waals surface area contributed by atoms with Gasteiger partial charge in [0.25, 0.3) is 0 Å². The maximum Gasteiger partial charge on any atom is 0.242 e. The second-order valence-corrected chi connectivity index (χ2v) is 9.61. The third-order valence-corrected chi connectivity index (χ3v) is 6.73. The predicted molar refractivity (Wildman–Crippen MR) is 117 cm³/mol. The van der Waals surface area contributed by atoms with Crippen LogP contribution in [0.5, 0.6) is 0 Å². The van der Waals surface area contributed by atoms with Gasteiger partial charge in [-0.15, -0.1) is 0 Å². The normalized spacial score (nSPS) is 12.4. The molecule has 0 aliphatic carbocycles. The molecule has 2 aromatic rings. The fourth-order valence-corrected chi connectivity index (χ4v) is 4.60. The van der Waals surface area contributed by atoms with Gasteiger partial charge in [0.15, 0.2) is 9.84 Å². The minimum Gasteiger partial charge on any atom is -0.325 e. The molecule has 6 nitrogen and oxygen atoms in total. The van der Waals surface area contributed by atoms with Gasteiger partial charge in [0, 0.05) is 16.4 Å². The van der Waals surface area contributed by atoms with Crippen molar-refractivity contribution in [3.8, 4) is 0 Å². The third kappa shape index (κ3) is 6.30. The predicted octanol–water partition coefficient (Wildman–Crippen LogP) is 4.23. The van der Waals surface area contributed by atoms with Crippen molar-refractivity contribution in [3.63, 3.8) is 0 Å². The van der Waals surface area contributed by atoms with Gasteiger partial charge >= 0.3 is 0 Å². The van der Waals surface area contributed by atoms with Crippen LogP contribution in [0.25, 0.3) is 0 Å². The molecule has 0 aliphatic heterocycles. The number of sulfone groups is 1. The maximum absolute atomic E-state index is 12.7. The van der Waals surface area contributed by atoms with Crippen LogP contribution in [0.2, 0.25) is 5.02 Å². The van der Waals surface area contributed by atoms with Crippen LogP contribution in [0, 0.1) is 0 Å². The zero-order valence-corrected chi connectivity index (χ0v) is 18.2. The van der Waals surface area contributed by atoms with E-state index in [-0.39, 0.29) is 12.3 Å². The summed E-state index contributed by atoms with van der Waals surface area (Å²) in [7, 11) is -4.00. The topological polar surface area (TPSA) is 92.3 Å². The van der Waals surface area contributed by atoms with Crippen LogP contribution in [0.3, 0.4) is 0 Å². The van der Waals surface area contributed by atoms with Crippen molar-refractivity contribution in [3.05, 3.63) is 59.1 Å². The first kappa shape index (κ1) is 22.9. The fourth-order valence-electron chi connectivity index (χ4n) is 2.94. The largest absolute Gasteiger partial charge is 0.325 e. The molecule has 1 atom stereocenters. The van der Waals surface area contributed by atoms with Crippen molar-refractivity contribution in [1.82, 2.24) is 0 Å². The molecule has 0 saturated heterocycles. The number of para-hydroxylation sites is 1.